The summed E-state index contributed by atoms with van der Waals surface area (Å²) in [6.45, 7) is 1.89. The molecule has 0 bridgehead atoms. The Morgan fingerprint density at radius 2 is 1.51 bits per heavy atom. The Morgan fingerprint density at radius 1 is 0.787 bits per heavy atom. The van der Waals surface area contributed by atoms with Crippen molar-refractivity contribution in [2.24, 2.45) is 0 Å². The van der Waals surface area contributed by atoms with E-state index >= 15 is 0 Å². The van der Waals surface area contributed by atoms with Gasteiger partial charge in [0.15, 0.2) is 11.5 Å². The maximum Gasteiger partial charge on any atom is 0.323 e. The molecule has 0 saturated heterocycles. The summed E-state index contributed by atoms with van der Waals surface area (Å²) in [4.78, 5) is 54.1. The number of amides is 4. The van der Waals surface area contributed by atoms with Crippen molar-refractivity contribution in [2.45, 2.75) is 25.8 Å². The lowest BCUT2D eigenvalue weighted by Crippen LogP contribution is -2.30. The van der Waals surface area contributed by atoms with Crippen LogP contribution in [0.4, 0.5) is 22.0 Å². The average molecular weight is 642 g/mol. The van der Waals surface area contributed by atoms with E-state index in [0.29, 0.717) is 39.8 Å². The molecule has 0 aliphatic carbocycles. The molecule has 0 fully saturated rings. The number of urea groups is 1. The Balaban J connectivity index is 1.38. The highest BCUT2D eigenvalue weighted by Gasteiger charge is 2.21. The highest BCUT2D eigenvalue weighted by Crippen LogP contribution is 2.29. The van der Waals surface area contributed by atoms with Gasteiger partial charge in [-0.25, -0.2) is 9.78 Å². The molecule has 1 aromatic heterocycles. The first-order chi connectivity index (χ1) is 22.6. The molecule has 244 valence electrons. The molecule has 4 aromatic rings. The van der Waals surface area contributed by atoms with Crippen molar-refractivity contribution in [3.05, 3.63) is 101 Å². The van der Waals surface area contributed by atoms with Crippen LogP contribution < -0.4 is 35.5 Å². The first kappa shape index (κ1) is 33.8. The molecule has 0 aliphatic rings. The van der Waals surface area contributed by atoms with Gasteiger partial charge in [-0.3, -0.25) is 14.4 Å². The van der Waals surface area contributed by atoms with Crippen LogP contribution in [-0.4, -0.2) is 55.2 Å². The summed E-state index contributed by atoms with van der Waals surface area (Å²) in [5.74, 6) is -0.603. The van der Waals surface area contributed by atoms with E-state index in [1.165, 1.54) is 45.7 Å². The number of pyridine rings is 1. The second-order valence-corrected chi connectivity index (χ2v) is 10.3. The predicted molar refractivity (Wildman–Crippen MR) is 175 cm³/mol. The molecule has 0 aliphatic heterocycles. The van der Waals surface area contributed by atoms with Crippen molar-refractivity contribution in [2.75, 3.05) is 37.3 Å². The zero-order valence-electron chi connectivity index (χ0n) is 26.2. The number of ether oxygens (including phenoxy) is 3. The third kappa shape index (κ3) is 9.20. The Labute approximate surface area is 271 Å². The molecule has 47 heavy (non-hydrogen) atoms. The summed E-state index contributed by atoms with van der Waals surface area (Å²) in [5, 5.41) is 20.4. The van der Waals surface area contributed by atoms with Crippen molar-refractivity contribution in [3.63, 3.8) is 0 Å². The Bertz CT molecular complexity index is 1760. The number of nitrogens with zero attached hydrogens (tertiary/aromatic N) is 1. The van der Waals surface area contributed by atoms with Crippen LogP contribution in [0.5, 0.6) is 17.2 Å². The van der Waals surface area contributed by atoms with Crippen LogP contribution in [0.25, 0.3) is 0 Å². The lowest BCUT2D eigenvalue weighted by atomic mass is 10.0. The lowest BCUT2D eigenvalue weighted by molar-refractivity contribution is -0.137. The largest absolute Gasteiger partial charge is 0.495 e. The van der Waals surface area contributed by atoms with Crippen molar-refractivity contribution >= 4 is 41.0 Å². The van der Waals surface area contributed by atoms with Gasteiger partial charge in [0.1, 0.15) is 11.6 Å². The molecule has 0 saturated carbocycles. The number of aryl methyl sites for hydroxylation is 1. The molecule has 1 heterocycles. The number of anilines is 3. The summed E-state index contributed by atoms with van der Waals surface area (Å²) in [6.07, 6.45) is 0.981. The molecule has 13 nitrogen and oxygen atoms in total. The fourth-order valence-corrected chi connectivity index (χ4v) is 4.64. The van der Waals surface area contributed by atoms with Gasteiger partial charge in [0, 0.05) is 17.4 Å². The molecule has 0 spiro atoms. The second kappa shape index (κ2) is 15.8. The highest BCUT2D eigenvalue weighted by atomic mass is 16.5. The van der Waals surface area contributed by atoms with E-state index in [1.807, 2.05) is 25.1 Å². The summed E-state index contributed by atoms with van der Waals surface area (Å²) < 4.78 is 15.9. The number of hydrogen-bond donors (Lipinski definition) is 5. The van der Waals surface area contributed by atoms with Crippen molar-refractivity contribution in [1.29, 1.82) is 0 Å². The van der Waals surface area contributed by atoms with Crippen molar-refractivity contribution in [1.82, 2.24) is 10.3 Å². The standard InChI is InChI=1S/C34H35N5O8/c1-20-7-5-6-8-24(20)37-34(44)38-25-12-9-21(15-28(25)46-3)16-31(40)39-30-14-11-23(19-35-30)26(18-32(41)42)36-33(43)22-10-13-27(45-2)29(17-22)47-4/h5-15,17,19,26H,16,18H2,1-4H3,(H,36,43)(H,41,42)(H,35,39,40)(H2,37,38,44). The van der Waals surface area contributed by atoms with Gasteiger partial charge >= 0.3 is 12.0 Å². The molecule has 3 aromatic carbocycles. The normalized spacial score (nSPS) is 11.1. The van der Waals surface area contributed by atoms with Crippen LogP contribution in [0.15, 0.2) is 79.0 Å². The fourth-order valence-electron chi connectivity index (χ4n) is 4.64. The van der Waals surface area contributed by atoms with Crippen LogP contribution in [0.1, 0.15) is 39.5 Å². The quantitative estimate of drug-likeness (QED) is 0.132. The molecular weight excluding hydrogens is 606 g/mol. The highest BCUT2D eigenvalue weighted by molar-refractivity contribution is 6.01. The van der Waals surface area contributed by atoms with Gasteiger partial charge < -0.3 is 40.6 Å². The zero-order chi connectivity index (χ0) is 33.9. The monoisotopic (exact) mass is 641 g/mol. The van der Waals surface area contributed by atoms with E-state index in [9.17, 15) is 24.3 Å². The number of carboxylic acids is 1. The molecule has 4 amide bonds. The fraction of sp³-hybridized carbons (Fsp3) is 0.206. The molecule has 1 atom stereocenters. The minimum Gasteiger partial charge on any atom is -0.495 e. The van der Waals surface area contributed by atoms with E-state index in [-0.39, 0.29) is 23.7 Å². The first-order valence-corrected chi connectivity index (χ1v) is 14.4. The minimum absolute atomic E-state index is 0.0154. The summed E-state index contributed by atoms with van der Waals surface area (Å²) in [6, 6.07) is 18.7. The zero-order valence-corrected chi connectivity index (χ0v) is 26.2. The van der Waals surface area contributed by atoms with Gasteiger partial charge in [0.2, 0.25) is 5.91 Å². The van der Waals surface area contributed by atoms with Gasteiger partial charge in [-0.15, -0.1) is 0 Å². The number of benzene rings is 3. The van der Waals surface area contributed by atoms with Gasteiger partial charge in [-0.05, 0) is 66.1 Å². The number of carbonyl (C=O) groups excluding carboxylic acids is 3. The van der Waals surface area contributed by atoms with E-state index in [2.05, 4.69) is 26.3 Å². The van der Waals surface area contributed by atoms with Gasteiger partial charge in [-0.2, -0.15) is 0 Å². The van der Waals surface area contributed by atoms with Crippen LogP contribution in [-0.2, 0) is 16.0 Å². The number of aromatic nitrogens is 1. The van der Waals surface area contributed by atoms with Gasteiger partial charge in [0.05, 0.1) is 45.9 Å². The number of para-hydroxylation sites is 1. The molecule has 5 N–H and O–H groups in total. The number of hydrogen-bond acceptors (Lipinski definition) is 8. The molecule has 4 rings (SSSR count). The smallest absolute Gasteiger partial charge is 0.323 e. The van der Waals surface area contributed by atoms with Crippen LogP contribution in [0.2, 0.25) is 0 Å². The predicted octanol–water partition coefficient (Wildman–Crippen LogP) is 5.19. The summed E-state index contributed by atoms with van der Waals surface area (Å²) in [5.41, 5.74) is 3.32. The Morgan fingerprint density at radius 3 is 2.17 bits per heavy atom. The number of nitrogens with one attached hydrogen (secondary N) is 4. The van der Waals surface area contributed by atoms with E-state index in [1.54, 1.807) is 36.4 Å². The number of carbonyl (C=O) groups is 4. The number of aliphatic carboxylic acids is 1. The van der Waals surface area contributed by atoms with E-state index in [0.717, 1.165) is 5.56 Å². The average Bonchev–Trinajstić information content (AvgIpc) is 3.05. The van der Waals surface area contributed by atoms with Crippen LogP contribution in [0.3, 0.4) is 0 Å². The number of rotatable bonds is 13. The maximum absolute atomic E-state index is 13.0. The maximum atomic E-state index is 13.0. The van der Waals surface area contributed by atoms with E-state index in [4.69, 9.17) is 14.2 Å². The minimum atomic E-state index is -1.12. The van der Waals surface area contributed by atoms with Crippen molar-refractivity contribution in [3.8, 4) is 17.2 Å². The van der Waals surface area contributed by atoms with Crippen LogP contribution >= 0.6 is 0 Å². The Kier molecular flexibility index (Phi) is 11.3. The molecule has 0 radical (unpaired) electrons. The van der Waals surface area contributed by atoms with Gasteiger partial charge in [0.25, 0.3) is 5.91 Å². The second-order valence-electron chi connectivity index (χ2n) is 10.3. The third-order valence-corrected chi connectivity index (χ3v) is 7.06. The van der Waals surface area contributed by atoms with Gasteiger partial charge in [-0.1, -0.05) is 30.3 Å². The third-order valence-electron chi connectivity index (χ3n) is 7.06. The van der Waals surface area contributed by atoms with Crippen LogP contribution in [0, 0.1) is 6.92 Å². The number of methoxy groups -OCH3 is 3. The summed E-state index contributed by atoms with van der Waals surface area (Å²) >= 11 is 0. The SMILES string of the molecule is COc1cc(CC(=O)Nc2ccc(C(CC(=O)O)NC(=O)c3ccc(OC)c(OC)c3)cn2)ccc1NC(=O)Nc1ccccc1C. The topological polar surface area (TPSA) is 177 Å². The first-order valence-electron chi connectivity index (χ1n) is 14.4. The number of carboxylic acid groups (broad SMARTS) is 1. The molecule has 13 heteroatoms. The lowest BCUT2D eigenvalue weighted by Gasteiger charge is -2.18. The van der Waals surface area contributed by atoms with Crippen molar-refractivity contribution < 1.29 is 38.5 Å². The molecule has 1 unspecified atom stereocenters. The molecular formula is C34H35N5O8. The Hall–Kier alpha value is -6.11. The van der Waals surface area contributed by atoms with E-state index < -0.39 is 30.4 Å². The summed E-state index contributed by atoms with van der Waals surface area (Å²) in [7, 11) is 4.38.